The van der Waals surface area contributed by atoms with Crippen LogP contribution in [-0.4, -0.2) is 49.0 Å². The van der Waals surface area contributed by atoms with E-state index in [9.17, 15) is 19.7 Å². The van der Waals surface area contributed by atoms with Crippen molar-refractivity contribution in [1.82, 2.24) is 4.90 Å². The maximum absolute atomic E-state index is 12.7. The lowest BCUT2D eigenvalue weighted by Gasteiger charge is -2.24. The molecule has 0 fully saturated rings. The molecule has 0 aromatic heterocycles. The smallest absolute Gasteiger partial charge is 0.311 e. The van der Waals surface area contributed by atoms with Gasteiger partial charge in [0.2, 0.25) is 0 Å². The summed E-state index contributed by atoms with van der Waals surface area (Å²) in [6.45, 7) is 4.49. The van der Waals surface area contributed by atoms with Crippen LogP contribution < -0.4 is 4.74 Å². The molecule has 0 radical (unpaired) electrons. The summed E-state index contributed by atoms with van der Waals surface area (Å²) in [7, 11) is 2.61. The molecular weight excluding hydrogens is 316 g/mol. The van der Waals surface area contributed by atoms with E-state index in [0.29, 0.717) is 6.54 Å². The Balaban J connectivity index is 3.06. The van der Waals surface area contributed by atoms with Crippen LogP contribution in [0.5, 0.6) is 5.75 Å². The van der Waals surface area contributed by atoms with Gasteiger partial charge in [-0.2, -0.15) is 0 Å². The number of nitrogens with zero attached hydrogens (tertiary/aromatic N) is 2. The van der Waals surface area contributed by atoms with E-state index in [1.807, 2.05) is 13.8 Å². The molecule has 0 saturated heterocycles. The molecule has 1 amide bonds. The summed E-state index contributed by atoms with van der Waals surface area (Å²) in [5.41, 5.74) is -0.103. The molecule has 0 aliphatic heterocycles. The number of esters is 1. The van der Waals surface area contributed by atoms with Crippen molar-refractivity contribution in [1.29, 1.82) is 0 Å². The molecule has 0 atom stereocenters. The molecule has 0 heterocycles. The highest BCUT2D eigenvalue weighted by atomic mass is 16.6. The van der Waals surface area contributed by atoms with Gasteiger partial charge in [0.15, 0.2) is 5.75 Å². The van der Waals surface area contributed by atoms with E-state index in [0.717, 1.165) is 0 Å². The number of carbonyl (C=O) groups is 2. The van der Waals surface area contributed by atoms with E-state index in [1.165, 1.54) is 37.3 Å². The van der Waals surface area contributed by atoms with Crippen molar-refractivity contribution in [3.8, 4) is 5.75 Å². The molecule has 0 N–H and O–H groups in total. The van der Waals surface area contributed by atoms with E-state index >= 15 is 0 Å². The van der Waals surface area contributed by atoms with Crippen molar-refractivity contribution in [3.05, 3.63) is 33.9 Å². The first-order valence-corrected chi connectivity index (χ1v) is 7.48. The maximum Gasteiger partial charge on any atom is 0.311 e. The van der Waals surface area contributed by atoms with E-state index in [2.05, 4.69) is 4.74 Å². The van der Waals surface area contributed by atoms with Crippen LogP contribution in [0.3, 0.4) is 0 Å². The molecule has 0 spiro atoms. The second-order valence-corrected chi connectivity index (χ2v) is 5.61. The zero-order valence-corrected chi connectivity index (χ0v) is 14.3. The minimum Gasteiger partial charge on any atom is -0.490 e. The molecule has 0 unspecified atom stereocenters. The highest BCUT2D eigenvalue weighted by molar-refractivity contribution is 5.95. The van der Waals surface area contributed by atoms with Crippen LogP contribution in [0.2, 0.25) is 0 Å². The van der Waals surface area contributed by atoms with Gasteiger partial charge in [0.05, 0.1) is 25.6 Å². The Labute approximate surface area is 140 Å². The fraction of sp³-hybridized carbons (Fsp3) is 0.500. The molecule has 0 aliphatic rings. The maximum atomic E-state index is 12.7. The molecule has 0 bridgehead atoms. The Morgan fingerprint density at radius 1 is 1.29 bits per heavy atom. The molecule has 1 aromatic carbocycles. The summed E-state index contributed by atoms with van der Waals surface area (Å²) in [4.78, 5) is 36.0. The van der Waals surface area contributed by atoms with Crippen molar-refractivity contribution in [3.63, 3.8) is 0 Å². The van der Waals surface area contributed by atoms with Crippen molar-refractivity contribution in [2.45, 2.75) is 20.3 Å². The van der Waals surface area contributed by atoms with E-state index in [4.69, 9.17) is 4.74 Å². The van der Waals surface area contributed by atoms with Crippen LogP contribution in [0.1, 0.15) is 30.6 Å². The number of nitro benzene ring substituents is 1. The van der Waals surface area contributed by atoms with Gasteiger partial charge in [-0.3, -0.25) is 19.7 Å². The average molecular weight is 338 g/mol. The number of ether oxygens (including phenoxy) is 2. The SMILES string of the molecule is COC(=O)CCN(CC(C)C)C(=O)c1ccc(OC)c([N+](=O)[O-])c1. The largest absolute Gasteiger partial charge is 0.490 e. The van der Waals surface area contributed by atoms with Gasteiger partial charge < -0.3 is 14.4 Å². The number of benzene rings is 1. The highest BCUT2D eigenvalue weighted by Crippen LogP contribution is 2.28. The van der Waals surface area contributed by atoms with Gasteiger partial charge in [0, 0.05) is 24.7 Å². The topological polar surface area (TPSA) is 99.0 Å². The van der Waals surface area contributed by atoms with Crippen LogP contribution in [0.4, 0.5) is 5.69 Å². The van der Waals surface area contributed by atoms with Gasteiger partial charge in [-0.1, -0.05) is 13.8 Å². The number of amides is 1. The van der Waals surface area contributed by atoms with Gasteiger partial charge in [-0.25, -0.2) is 0 Å². The number of carbonyl (C=O) groups excluding carboxylic acids is 2. The standard InChI is InChI=1S/C16H22N2O6/c1-11(2)10-17(8-7-15(19)24-4)16(20)12-5-6-14(23-3)13(9-12)18(21)22/h5-6,9,11H,7-8,10H2,1-4H3. The highest BCUT2D eigenvalue weighted by Gasteiger charge is 2.22. The third-order valence-electron chi connectivity index (χ3n) is 3.31. The zero-order chi connectivity index (χ0) is 18.3. The average Bonchev–Trinajstić information content (AvgIpc) is 2.56. The Morgan fingerprint density at radius 3 is 2.46 bits per heavy atom. The van der Waals surface area contributed by atoms with Gasteiger partial charge in [0.1, 0.15) is 0 Å². The lowest BCUT2D eigenvalue weighted by atomic mass is 10.1. The van der Waals surface area contributed by atoms with Crippen LogP contribution in [0.25, 0.3) is 0 Å². The molecule has 0 saturated carbocycles. The molecule has 1 rings (SSSR count). The van der Waals surface area contributed by atoms with Crippen molar-refractivity contribution >= 4 is 17.6 Å². The normalized spacial score (nSPS) is 10.4. The third-order valence-corrected chi connectivity index (χ3v) is 3.31. The lowest BCUT2D eigenvalue weighted by molar-refractivity contribution is -0.385. The van der Waals surface area contributed by atoms with Crippen LogP contribution in [-0.2, 0) is 9.53 Å². The fourth-order valence-electron chi connectivity index (χ4n) is 2.19. The predicted octanol–water partition coefficient (Wildman–Crippen LogP) is 2.26. The summed E-state index contributed by atoms with van der Waals surface area (Å²) in [5, 5.41) is 11.1. The van der Waals surface area contributed by atoms with E-state index in [-0.39, 0.29) is 41.8 Å². The fourth-order valence-corrected chi connectivity index (χ4v) is 2.19. The second kappa shape index (κ2) is 8.85. The Morgan fingerprint density at radius 2 is 1.96 bits per heavy atom. The molecule has 132 valence electrons. The molecule has 24 heavy (non-hydrogen) atoms. The second-order valence-electron chi connectivity index (χ2n) is 5.61. The van der Waals surface area contributed by atoms with Gasteiger partial charge in [-0.15, -0.1) is 0 Å². The Bertz CT molecular complexity index is 615. The van der Waals surface area contributed by atoms with Crippen molar-refractivity contribution in [2.75, 3.05) is 27.3 Å². The monoisotopic (exact) mass is 338 g/mol. The molecule has 0 aliphatic carbocycles. The Kier molecular flexibility index (Phi) is 7.16. The summed E-state index contributed by atoms with van der Waals surface area (Å²) in [5.74, 6) is -0.531. The number of rotatable bonds is 8. The summed E-state index contributed by atoms with van der Waals surface area (Å²) >= 11 is 0. The van der Waals surface area contributed by atoms with Gasteiger partial charge >= 0.3 is 11.7 Å². The number of hydrogen-bond donors (Lipinski definition) is 0. The quantitative estimate of drug-likeness (QED) is 0.409. The number of methoxy groups -OCH3 is 2. The van der Waals surface area contributed by atoms with Crippen molar-refractivity contribution in [2.24, 2.45) is 5.92 Å². The summed E-state index contributed by atoms with van der Waals surface area (Å²) in [6, 6.07) is 4.05. The third kappa shape index (κ3) is 5.22. The van der Waals surface area contributed by atoms with Gasteiger partial charge in [-0.05, 0) is 18.1 Å². The first-order valence-electron chi connectivity index (χ1n) is 7.48. The Hall–Kier alpha value is -2.64. The van der Waals surface area contributed by atoms with E-state index < -0.39 is 10.9 Å². The minimum atomic E-state index is -0.600. The zero-order valence-electron chi connectivity index (χ0n) is 14.3. The summed E-state index contributed by atoms with van der Waals surface area (Å²) < 4.78 is 9.52. The molecule has 8 heteroatoms. The van der Waals surface area contributed by atoms with Crippen LogP contribution >= 0.6 is 0 Å². The first kappa shape index (κ1) is 19.4. The minimum absolute atomic E-state index is 0.0627. The first-order chi connectivity index (χ1) is 11.3. The lowest BCUT2D eigenvalue weighted by Crippen LogP contribution is -2.36. The van der Waals surface area contributed by atoms with Gasteiger partial charge in [0.25, 0.3) is 5.91 Å². The van der Waals surface area contributed by atoms with Crippen LogP contribution in [0.15, 0.2) is 18.2 Å². The molecule has 8 nitrogen and oxygen atoms in total. The predicted molar refractivity (Wildman–Crippen MR) is 87.0 cm³/mol. The number of hydrogen-bond acceptors (Lipinski definition) is 6. The van der Waals surface area contributed by atoms with Crippen molar-refractivity contribution < 1.29 is 24.0 Å². The van der Waals surface area contributed by atoms with E-state index in [1.54, 1.807) is 0 Å². The van der Waals surface area contributed by atoms with Crippen LogP contribution in [0, 0.1) is 16.0 Å². The number of nitro groups is 1. The molecule has 1 aromatic rings. The molecular formula is C16H22N2O6. The summed E-state index contributed by atoms with van der Waals surface area (Å²) in [6.07, 6.45) is 0.0627.